The van der Waals surface area contributed by atoms with Gasteiger partial charge < -0.3 is 15.2 Å². The number of ether oxygens (including phenoxy) is 1. The van der Waals surface area contributed by atoms with Crippen LogP contribution in [-0.4, -0.2) is 51.8 Å². The van der Waals surface area contributed by atoms with Crippen LogP contribution < -0.4 is 5.32 Å². The maximum absolute atomic E-state index is 11.8. The van der Waals surface area contributed by atoms with Gasteiger partial charge in [0.1, 0.15) is 11.3 Å². The van der Waals surface area contributed by atoms with E-state index in [0.29, 0.717) is 6.54 Å². The maximum atomic E-state index is 11.8. The van der Waals surface area contributed by atoms with Gasteiger partial charge in [-0.1, -0.05) is 0 Å². The van der Waals surface area contributed by atoms with Crippen LogP contribution in [-0.2, 0) is 11.3 Å². The first kappa shape index (κ1) is 18.2. The quantitative estimate of drug-likeness (QED) is 0.877. The zero-order valence-electron chi connectivity index (χ0n) is 14.4. The summed E-state index contributed by atoms with van der Waals surface area (Å²) < 4.78 is 5.27. The lowest BCUT2D eigenvalue weighted by Crippen LogP contribution is -2.45. The number of carboxylic acid groups (broad SMARTS) is 1. The fourth-order valence-corrected chi connectivity index (χ4v) is 2.66. The number of carbonyl (C=O) groups excluding carboxylic acids is 1. The minimum Gasteiger partial charge on any atom is -0.477 e. The highest BCUT2D eigenvalue weighted by Crippen LogP contribution is 2.15. The van der Waals surface area contributed by atoms with Crippen LogP contribution in [0.15, 0.2) is 18.3 Å². The molecule has 1 aliphatic heterocycles. The van der Waals surface area contributed by atoms with Crippen LogP contribution >= 0.6 is 0 Å². The first-order valence-electron chi connectivity index (χ1n) is 8.13. The third kappa shape index (κ3) is 5.81. The molecule has 1 aromatic heterocycles. The van der Waals surface area contributed by atoms with E-state index < -0.39 is 11.6 Å². The molecule has 7 nitrogen and oxygen atoms in total. The molecule has 24 heavy (non-hydrogen) atoms. The molecule has 1 aliphatic rings. The molecule has 1 aromatic rings. The highest BCUT2D eigenvalue weighted by atomic mass is 16.6. The molecule has 7 heteroatoms. The van der Waals surface area contributed by atoms with Gasteiger partial charge in [0.05, 0.1) is 0 Å². The number of amides is 1. The van der Waals surface area contributed by atoms with Gasteiger partial charge in [-0.3, -0.25) is 4.90 Å². The molecule has 0 aliphatic carbocycles. The Morgan fingerprint density at radius 2 is 2.04 bits per heavy atom. The molecule has 0 radical (unpaired) electrons. The van der Waals surface area contributed by atoms with E-state index in [1.54, 1.807) is 6.07 Å². The third-order valence-electron chi connectivity index (χ3n) is 3.76. The van der Waals surface area contributed by atoms with Crippen LogP contribution in [0.1, 0.15) is 49.7 Å². The maximum Gasteiger partial charge on any atom is 0.407 e. The molecule has 1 fully saturated rings. The Kier molecular flexibility index (Phi) is 5.77. The van der Waals surface area contributed by atoms with Gasteiger partial charge in [-0.2, -0.15) is 0 Å². The van der Waals surface area contributed by atoms with E-state index in [-0.39, 0.29) is 17.8 Å². The topological polar surface area (TPSA) is 91.8 Å². The van der Waals surface area contributed by atoms with Crippen molar-refractivity contribution < 1.29 is 19.4 Å². The van der Waals surface area contributed by atoms with Crippen molar-refractivity contribution in [3.8, 4) is 0 Å². The normalized spacial score (nSPS) is 16.6. The first-order chi connectivity index (χ1) is 11.2. The number of aromatic nitrogens is 1. The minimum atomic E-state index is -1.02. The Bertz CT molecular complexity index is 590. The highest BCUT2D eigenvalue weighted by Gasteiger charge is 2.23. The number of pyridine rings is 1. The van der Waals surface area contributed by atoms with Crippen LogP contribution in [0.4, 0.5) is 4.79 Å². The Balaban J connectivity index is 1.80. The van der Waals surface area contributed by atoms with Crippen molar-refractivity contribution in [3.05, 3.63) is 29.6 Å². The van der Waals surface area contributed by atoms with E-state index in [1.807, 2.05) is 26.8 Å². The Labute approximate surface area is 142 Å². The fraction of sp³-hybridized carbons (Fsp3) is 0.588. The number of nitrogens with zero attached hydrogens (tertiary/aromatic N) is 2. The number of piperidine rings is 1. The molecular weight excluding hydrogens is 310 g/mol. The molecule has 1 amide bonds. The number of carbonyl (C=O) groups is 2. The van der Waals surface area contributed by atoms with E-state index in [9.17, 15) is 9.59 Å². The molecule has 0 spiro atoms. The van der Waals surface area contributed by atoms with Crippen LogP contribution in [0.2, 0.25) is 0 Å². The molecule has 0 saturated carbocycles. The van der Waals surface area contributed by atoms with Crippen molar-refractivity contribution in [3.63, 3.8) is 0 Å². The second kappa shape index (κ2) is 7.61. The summed E-state index contributed by atoms with van der Waals surface area (Å²) in [6.07, 6.45) is 2.84. The number of alkyl carbamates (subject to hydrolysis) is 1. The monoisotopic (exact) mass is 335 g/mol. The van der Waals surface area contributed by atoms with Crippen molar-refractivity contribution in [2.75, 3.05) is 13.1 Å². The van der Waals surface area contributed by atoms with Gasteiger partial charge >= 0.3 is 12.1 Å². The summed E-state index contributed by atoms with van der Waals surface area (Å²) in [7, 11) is 0. The van der Waals surface area contributed by atoms with Gasteiger partial charge in [0.15, 0.2) is 0 Å². The lowest BCUT2D eigenvalue weighted by Gasteiger charge is -2.32. The zero-order valence-corrected chi connectivity index (χ0v) is 14.4. The van der Waals surface area contributed by atoms with Crippen molar-refractivity contribution in [1.82, 2.24) is 15.2 Å². The summed E-state index contributed by atoms with van der Waals surface area (Å²) in [4.78, 5) is 28.8. The van der Waals surface area contributed by atoms with Gasteiger partial charge in [0.2, 0.25) is 0 Å². The van der Waals surface area contributed by atoms with Crippen LogP contribution in [0.3, 0.4) is 0 Å². The van der Waals surface area contributed by atoms with Crippen molar-refractivity contribution in [2.24, 2.45) is 0 Å². The van der Waals surface area contributed by atoms with E-state index in [2.05, 4.69) is 15.2 Å². The number of carboxylic acids is 1. The Morgan fingerprint density at radius 1 is 1.38 bits per heavy atom. The fourth-order valence-electron chi connectivity index (χ4n) is 2.66. The second-order valence-corrected chi connectivity index (χ2v) is 7.05. The summed E-state index contributed by atoms with van der Waals surface area (Å²) in [6.45, 7) is 7.89. The van der Waals surface area contributed by atoms with Crippen molar-refractivity contribution in [2.45, 2.75) is 51.8 Å². The van der Waals surface area contributed by atoms with Gasteiger partial charge in [0, 0.05) is 31.9 Å². The number of rotatable bonds is 4. The van der Waals surface area contributed by atoms with Gasteiger partial charge in [0.25, 0.3) is 0 Å². The van der Waals surface area contributed by atoms with E-state index in [1.165, 1.54) is 6.20 Å². The third-order valence-corrected chi connectivity index (χ3v) is 3.76. The average Bonchev–Trinajstić information content (AvgIpc) is 2.47. The minimum absolute atomic E-state index is 0.0639. The number of aromatic carboxylic acids is 1. The summed E-state index contributed by atoms with van der Waals surface area (Å²) in [5, 5.41) is 11.9. The largest absolute Gasteiger partial charge is 0.477 e. The highest BCUT2D eigenvalue weighted by molar-refractivity contribution is 5.85. The molecular formula is C17H25N3O4. The van der Waals surface area contributed by atoms with Crippen molar-refractivity contribution in [1.29, 1.82) is 0 Å². The molecule has 2 heterocycles. The van der Waals surface area contributed by atoms with Crippen LogP contribution in [0.25, 0.3) is 0 Å². The molecule has 1 saturated heterocycles. The standard InChI is InChI=1S/C17H25N3O4/c1-17(2,3)24-16(23)19-13-5-8-20(9-6-13)11-12-4-7-18-14(10-12)15(21)22/h4,7,10,13H,5-6,8-9,11H2,1-3H3,(H,19,23)(H,21,22). The number of hydrogen-bond acceptors (Lipinski definition) is 5. The van der Waals surface area contributed by atoms with Gasteiger partial charge in [-0.15, -0.1) is 0 Å². The summed E-state index contributed by atoms with van der Waals surface area (Å²) in [5.41, 5.74) is 0.503. The first-order valence-corrected chi connectivity index (χ1v) is 8.13. The second-order valence-electron chi connectivity index (χ2n) is 7.05. The zero-order chi connectivity index (χ0) is 17.7. The molecule has 0 unspecified atom stereocenters. The molecule has 0 bridgehead atoms. The smallest absolute Gasteiger partial charge is 0.407 e. The van der Waals surface area contributed by atoms with Crippen molar-refractivity contribution >= 4 is 12.1 Å². The van der Waals surface area contributed by atoms with Crippen LogP contribution in [0, 0.1) is 0 Å². The van der Waals surface area contributed by atoms with Gasteiger partial charge in [-0.05, 0) is 51.3 Å². The number of hydrogen-bond donors (Lipinski definition) is 2. The lowest BCUT2D eigenvalue weighted by molar-refractivity contribution is 0.0477. The molecule has 132 valence electrons. The predicted octanol–water partition coefficient (Wildman–Crippen LogP) is 2.27. The summed E-state index contributed by atoms with van der Waals surface area (Å²) in [5.74, 6) is -1.02. The van der Waals surface area contributed by atoms with Gasteiger partial charge in [-0.25, -0.2) is 14.6 Å². The number of nitrogens with one attached hydrogen (secondary N) is 1. The summed E-state index contributed by atoms with van der Waals surface area (Å²) >= 11 is 0. The summed E-state index contributed by atoms with van der Waals surface area (Å²) in [6, 6.07) is 3.55. The SMILES string of the molecule is CC(C)(C)OC(=O)NC1CCN(Cc2ccnc(C(=O)O)c2)CC1. The molecule has 0 aromatic carbocycles. The molecule has 2 N–H and O–H groups in total. The van der Waals surface area contributed by atoms with Crippen LogP contribution in [0.5, 0.6) is 0 Å². The van der Waals surface area contributed by atoms with E-state index in [4.69, 9.17) is 9.84 Å². The predicted molar refractivity (Wildman–Crippen MR) is 88.9 cm³/mol. The molecule has 2 rings (SSSR count). The lowest BCUT2D eigenvalue weighted by atomic mass is 10.0. The molecule has 0 atom stereocenters. The average molecular weight is 335 g/mol. The van der Waals surface area contributed by atoms with E-state index in [0.717, 1.165) is 31.5 Å². The Morgan fingerprint density at radius 3 is 2.62 bits per heavy atom. The Hall–Kier alpha value is -2.15. The number of likely N-dealkylation sites (tertiary alicyclic amines) is 1. The van der Waals surface area contributed by atoms with E-state index >= 15 is 0 Å².